The predicted octanol–water partition coefficient (Wildman–Crippen LogP) is 3.77. The number of hydrogen-bond acceptors (Lipinski definition) is 4. The van der Waals surface area contributed by atoms with Gasteiger partial charge in [0.1, 0.15) is 0 Å². The number of alkyl halides is 3. The molecule has 1 heterocycles. The highest BCUT2D eigenvalue weighted by molar-refractivity contribution is 5.87. The molecule has 0 fully saturated rings. The van der Waals surface area contributed by atoms with E-state index in [9.17, 15) is 18.0 Å². The van der Waals surface area contributed by atoms with Crippen molar-refractivity contribution in [3.63, 3.8) is 0 Å². The van der Waals surface area contributed by atoms with Crippen molar-refractivity contribution in [2.75, 3.05) is 6.61 Å². The smallest absolute Gasteiger partial charge is 0.437 e. The highest BCUT2D eigenvalue weighted by Gasteiger charge is 2.42. The van der Waals surface area contributed by atoms with E-state index in [0.717, 1.165) is 6.42 Å². The molecule has 1 atom stereocenters. The summed E-state index contributed by atoms with van der Waals surface area (Å²) in [5.74, 6) is -2.38. The molecule has 4 nitrogen and oxygen atoms in total. The third-order valence-corrected chi connectivity index (χ3v) is 2.52. The molecule has 0 bridgehead atoms. The van der Waals surface area contributed by atoms with Crippen LogP contribution in [0.2, 0.25) is 0 Å². The van der Waals surface area contributed by atoms with Gasteiger partial charge in [0.25, 0.3) is 0 Å². The summed E-state index contributed by atoms with van der Waals surface area (Å²) in [7, 11) is 0. The number of nitrogens with zero attached hydrogens (tertiary/aromatic N) is 1. The number of halogens is 3. The molecule has 0 saturated heterocycles. The van der Waals surface area contributed by atoms with E-state index < -0.39 is 23.6 Å². The van der Waals surface area contributed by atoms with Crippen molar-refractivity contribution < 1.29 is 27.1 Å². The van der Waals surface area contributed by atoms with Gasteiger partial charge in [0, 0.05) is 5.92 Å². The van der Waals surface area contributed by atoms with Gasteiger partial charge < -0.3 is 9.15 Å². The Balaban J connectivity index is 3.16. The van der Waals surface area contributed by atoms with Crippen molar-refractivity contribution >= 4 is 5.97 Å². The first-order valence-corrected chi connectivity index (χ1v) is 6.06. The summed E-state index contributed by atoms with van der Waals surface area (Å²) in [4.78, 5) is 14.9. The van der Waals surface area contributed by atoms with E-state index in [-0.39, 0.29) is 18.4 Å². The van der Waals surface area contributed by atoms with E-state index in [1.807, 2.05) is 6.92 Å². The maximum absolute atomic E-state index is 12.8. The third kappa shape index (κ3) is 3.71. The zero-order valence-electron chi connectivity index (χ0n) is 11.0. The summed E-state index contributed by atoms with van der Waals surface area (Å²) >= 11 is 0. The van der Waals surface area contributed by atoms with Gasteiger partial charge in [0.15, 0.2) is 11.6 Å². The van der Waals surface area contributed by atoms with Gasteiger partial charge in [-0.15, -0.1) is 0 Å². The second-order valence-electron chi connectivity index (χ2n) is 4.14. The molecule has 108 valence electrons. The SMILES string of the molecule is CCCC(C)c1nc(C(F)(F)F)c(C(=O)OCC)o1. The molecule has 19 heavy (non-hydrogen) atoms. The molecule has 1 unspecified atom stereocenters. The Kier molecular flexibility index (Phi) is 4.97. The lowest BCUT2D eigenvalue weighted by Gasteiger charge is -2.03. The van der Waals surface area contributed by atoms with Crippen LogP contribution in [-0.2, 0) is 10.9 Å². The van der Waals surface area contributed by atoms with Gasteiger partial charge >= 0.3 is 12.1 Å². The first kappa shape index (κ1) is 15.5. The average Bonchev–Trinajstić information content (AvgIpc) is 2.74. The molecule has 7 heteroatoms. The van der Waals surface area contributed by atoms with Crippen molar-refractivity contribution in [3.8, 4) is 0 Å². The van der Waals surface area contributed by atoms with Gasteiger partial charge in [-0.1, -0.05) is 20.3 Å². The first-order chi connectivity index (χ1) is 8.81. The van der Waals surface area contributed by atoms with Gasteiger partial charge in [-0.3, -0.25) is 0 Å². The average molecular weight is 279 g/mol. The fourth-order valence-electron chi connectivity index (χ4n) is 1.63. The minimum Gasteiger partial charge on any atom is -0.460 e. The summed E-state index contributed by atoms with van der Waals surface area (Å²) in [6.45, 7) is 5.07. The Morgan fingerprint density at radius 2 is 2.05 bits per heavy atom. The second-order valence-corrected chi connectivity index (χ2v) is 4.14. The van der Waals surface area contributed by atoms with E-state index in [1.54, 1.807) is 6.92 Å². The summed E-state index contributed by atoms with van der Waals surface area (Å²) in [6, 6.07) is 0. The van der Waals surface area contributed by atoms with E-state index in [2.05, 4.69) is 9.72 Å². The van der Waals surface area contributed by atoms with Crippen LogP contribution in [0.3, 0.4) is 0 Å². The lowest BCUT2D eigenvalue weighted by Crippen LogP contribution is -2.14. The topological polar surface area (TPSA) is 52.3 Å². The van der Waals surface area contributed by atoms with Crippen molar-refractivity contribution in [3.05, 3.63) is 17.3 Å². The zero-order valence-corrected chi connectivity index (χ0v) is 11.0. The molecule has 1 aromatic heterocycles. The van der Waals surface area contributed by atoms with E-state index in [1.165, 1.54) is 6.92 Å². The monoisotopic (exact) mass is 279 g/mol. The summed E-state index contributed by atoms with van der Waals surface area (Å²) in [6.07, 6.45) is -3.34. The molecule has 1 rings (SSSR count). The minimum atomic E-state index is -4.74. The number of aromatic nitrogens is 1. The quantitative estimate of drug-likeness (QED) is 0.770. The van der Waals surface area contributed by atoms with Crippen LogP contribution in [0.15, 0.2) is 4.42 Å². The van der Waals surface area contributed by atoms with Gasteiger partial charge in [-0.25, -0.2) is 9.78 Å². The van der Waals surface area contributed by atoms with Crippen molar-refractivity contribution in [1.82, 2.24) is 4.98 Å². The van der Waals surface area contributed by atoms with Gasteiger partial charge in [-0.2, -0.15) is 13.2 Å². The lowest BCUT2D eigenvalue weighted by atomic mass is 10.1. The number of rotatable bonds is 5. The summed E-state index contributed by atoms with van der Waals surface area (Å²) < 4.78 is 47.9. The number of carbonyl (C=O) groups excluding carboxylic acids is 1. The van der Waals surface area contributed by atoms with Crippen LogP contribution >= 0.6 is 0 Å². The molecule has 1 aromatic rings. The number of carbonyl (C=O) groups is 1. The van der Waals surface area contributed by atoms with Crippen LogP contribution in [0.4, 0.5) is 13.2 Å². The second kappa shape index (κ2) is 6.08. The van der Waals surface area contributed by atoms with Crippen LogP contribution in [0.5, 0.6) is 0 Å². The van der Waals surface area contributed by atoms with Crippen LogP contribution in [0, 0.1) is 0 Å². The van der Waals surface area contributed by atoms with E-state index in [4.69, 9.17) is 4.42 Å². The van der Waals surface area contributed by atoms with E-state index >= 15 is 0 Å². The highest BCUT2D eigenvalue weighted by Crippen LogP contribution is 2.34. The first-order valence-electron chi connectivity index (χ1n) is 6.06. The molecule has 0 aliphatic heterocycles. The molecule has 0 spiro atoms. The Hall–Kier alpha value is -1.53. The van der Waals surface area contributed by atoms with Crippen LogP contribution in [0.1, 0.15) is 61.7 Å². The van der Waals surface area contributed by atoms with Crippen LogP contribution in [-0.4, -0.2) is 17.6 Å². The number of oxazole rings is 1. The maximum Gasteiger partial charge on any atom is 0.437 e. The molecular formula is C12H16F3NO3. The predicted molar refractivity (Wildman–Crippen MR) is 60.8 cm³/mol. The van der Waals surface area contributed by atoms with E-state index in [0.29, 0.717) is 6.42 Å². The third-order valence-electron chi connectivity index (χ3n) is 2.52. The Morgan fingerprint density at radius 1 is 1.42 bits per heavy atom. The van der Waals surface area contributed by atoms with Gasteiger partial charge in [0.2, 0.25) is 5.76 Å². The summed E-state index contributed by atoms with van der Waals surface area (Å²) in [5.41, 5.74) is -1.32. The van der Waals surface area contributed by atoms with Crippen molar-refractivity contribution in [1.29, 1.82) is 0 Å². The Labute approximate surface area is 109 Å². The fraction of sp³-hybridized carbons (Fsp3) is 0.667. The summed E-state index contributed by atoms with van der Waals surface area (Å²) in [5, 5.41) is 0. The highest BCUT2D eigenvalue weighted by atomic mass is 19.4. The van der Waals surface area contributed by atoms with Gasteiger partial charge in [-0.05, 0) is 13.3 Å². The van der Waals surface area contributed by atoms with Gasteiger partial charge in [0.05, 0.1) is 6.61 Å². The molecule has 0 aromatic carbocycles. The molecule has 0 amide bonds. The lowest BCUT2D eigenvalue weighted by molar-refractivity contribution is -0.141. The van der Waals surface area contributed by atoms with Crippen molar-refractivity contribution in [2.45, 2.75) is 45.7 Å². The molecule has 0 saturated carbocycles. The molecule has 0 N–H and O–H groups in total. The molecule has 0 aliphatic rings. The number of esters is 1. The maximum atomic E-state index is 12.8. The normalized spacial score (nSPS) is 13.4. The Bertz CT molecular complexity index is 440. The standard InChI is InChI=1S/C12H16F3NO3/c1-4-6-7(3)10-16-9(12(13,14)15)8(19-10)11(17)18-5-2/h7H,4-6H2,1-3H3. The minimum absolute atomic E-state index is 0.0311. The van der Waals surface area contributed by atoms with Crippen LogP contribution < -0.4 is 0 Å². The van der Waals surface area contributed by atoms with Crippen LogP contribution in [0.25, 0.3) is 0 Å². The number of ether oxygens (including phenoxy) is 1. The number of hydrogen-bond donors (Lipinski definition) is 0. The largest absolute Gasteiger partial charge is 0.460 e. The van der Waals surface area contributed by atoms with Crippen molar-refractivity contribution in [2.24, 2.45) is 0 Å². The Morgan fingerprint density at radius 3 is 2.53 bits per heavy atom. The fourth-order valence-corrected chi connectivity index (χ4v) is 1.63. The zero-order chi connectivity index (χ0) is 14.6. The molecule has 0 aliphatic carbocycles. The molecule has 0 radical (unpaired) electrons. The molecular weight excluding hydrogens is 263 g/mol.